The van der Waals surface area contributed by atoms with Gasteiger partial charge in [-0.3, -0.25) is 0 Å². The molecule has 1 saturated heterocycles. The molecule has 4 heteroatoms. The van der Waals surface area contributed by atoms with E-state index >= 15 is 0 Å². The van der Waals surface area contributed by atoms with Gasteiger partial charge in [0.25, 0.3) is 0 Å². The van der Waals surface area contributed by atoms with Crippen molar-refractivity contribution in [1.29, 1.82) is 0 Å². The van der Waals surface area contributed by atoms with E-state index in [1.165, 1.54) is 12.8 Å². The number of piperidine rings is 1. The summed E-state index contributed by atoms with van der Waals surface area (Å²) in [5.41, 5.74) is 0.928. The van der Waals surface area contributed by atoms with Crippen LogP contribution in [-0.4, -0.2) is 11.7 Å². The van der Waals surface area contributed by atoms with Gasteiger partial charge in [0.15, 0.2) is 5.76 Å². The van der Waals surface area contributed by atoms with Crippen molar-refractivity contribution >= 4 is 26.8 Å². The van der Waals surface area contributed by atoms with Gasteiger partial charge in [0.2, 0.25) is 0 Å². The summed E-state index contributed by atoms with van der Waals surface area (Å²) in [5.74, 6) is 0.988. The predicted octanol–water partition coefficient (Wildman–Crippen LogP) is 3.40. The maximum absolute atomic E-state index is 5.48. The van der Waals surface area contributed by atoms with Crippen molar-refractivity contribution in [2.24, 2.45) is 0 Å². The third-order valence-electron chi connectivity index (χ3n) is 3.09. The van der Waals surface area contributed by atoms with Crippen molar-refractivity contribution in [2.45, 2.75) is 25.3 Å². The average Bonchev–Trinajstić information content (AvgIpc) is 2.73. The SMILES string of the molecule is Brc1ccc2c(C3CCCCN3)onc2c1. The Morgan fingerprint density at radius 3 is 3.12 bits per heavy atom. The van der Waals surface area contributed by atoms with Gasteiger partial charge in [-0.05, 0) is 37.6 Å². The van der Waals surface area contributed by atoms with E-state index in [1.54, 1.807) is 0 Å². The van der Waals surface area contributed by atoms with Crippen LogP contribution in [-0.2, 0) is 0 Å². The standard InChI is InChI=1S/C12H13BrN2O/c13-8-4-5-9-11(7-8)15-16-12(9)10-3-1-2-6-14-10/h4-5,7,10,14H,1-3,6H2. The zero-order valence-electron chi connectivity index (χ0n) is 8.87. The Labute approximate surface area is 102 Å². The molecule has 1 aliphatic rings. The fourth-order valence-electron chi connectivity index (χ4n) is 2.26. The summed E-state index contributed by atoms with van der Waals surface area (Å²) < 4.78 is 6.51. The van der Waals surface area contributed by atoms with Gasteiger partial charge in [0.1, 0.15) is 5.52 Å². The molecule has 1 unspecified atom stereocenters. The van der Waals surface area contributed by atoms with E-state index in [9.17, 15) is 0 Å². The molecule has 2 aromatic rings. The van der Waals surface area contributed by atoms with Gasteiger partial charge in [-0.25, -0.2) is 0 Å². The first kappa shape index (κ1) is 10.3. The summed E-state index contributed by atoms with van der Waals surface area (Å²) in [7, 11) is 0. The average molecular weight is 281 g/mol. The maximum atomic E-state index is 5.48. The summed E-state index contributed by atoms with van der Waals surface area (Å²) in [4.78, 5) is 0. The molecule has 1 N–H and O–H groups in total. The van der Waals surface area contributed by atoms with Crippen LogP contribution in [0.1, 0.15) is 31.1 Å². The summed E-state index contributed by atoms with van der Waals surface area (Å²) >= 11 is 3.44. The summed E-state index contributed by atoms with van der Waals surface area (Å²) in [6.45, 7) is 1.07. The fourth-order valence-corrected chi connectivity index (χ4v) is 2.61. The lowest BCUT2D eigenvalue weighted by Crippen LogP contribution is -2.26. The van der Waals surface area contributed by atoms with E-state index < -0.39 is 0 Å². The Balaban J connectivity index is 2.03. The van der Waals surface area contributed by atoms with Crippen LogP contribution in [0.4, 0.5) is 0 Å². The number of hydrogen-bond donors (Lipinski definition) is 1. The van der Waals surface area contributed by atoms with E-state index in [-0.39, 0.29) is 0 Å². The van der Waals surface area contributed by atoms with Crippen molar-refractivity contribution in [2.75, 3.05) is 6.54 Å². The van der Waals surface area contributed by atoms with E-state index in [0.717, 1.165) is 34.1 Å². The molecule has 3 rings (SSSR count). The second-order valence-electron chi connectivity index (χ2n) is 4.21. The molecule has 1 aromatic carbocycles. The Morgan fingerprint density at radius 2 is 2.31 bits per heavy atom. The molecular formula is C12H13BrN2O. The molecule has 3 nitrogen and oxygen atoms in total. The van der Waals surface area contributed by atoms with Gasteiger partial charge < -0.3 is 9.84 Å². The van der Waals surface area contributed by atoms with Gasteiger partial charge in [0.05, 0.1) is 6.04 Å². The summed E-state index contributed by atoms with van der Waals surface area (Å²) in [5, 5.41) is 8.72. The highest BCUT2D eigenvalue weighted by atomic mass is 79.9. The topological polar surface area (TPSA) is 38.1 Å². The number of rotatable bonds is 1. The van der Waals surface area contributed by atoms with Crippen LogP contribution in [0.25, 0.3) is 10.9 Å². The minimum Gasteiger partial charge on any atom is -0.358 e. The minimum absolute atomic E-state index is 0.333. The van der Waals surface area contributed by atoms with Gasteiger partial charge >= 0.3 is 0 Å². The van der Waals surface area contributed by atoms with Crippen molar-refractivity contribution in [1.82, 2.24) is 10.5 Å². The second-order valence-corrected chi connectivity index (χ2v) is 5.13. The molecule has 0 saturated carbocycles. The van der Waals surface area contributed by atoms with Crippen LogP contribution in [0.2, 0.25) is 0 Å². The number of nitrogens with zero attached hydrogens (tertiary/aromatic N) is 1. The molecule has 0 aliphatic carbocycles. The number of halogens is 1. The highest BCUT2D eigenvalue weighted by molar-refractivity contribution is 9.10. The second kappa shape index (κ2) is 4.18. The van der Waals surface area contributed by atoms with Crippen LogP contribution < -0.4 is 5.32 Å². The zero-order chi connectivity index (χ0) is 11.0. The highest BCUT2D eigenvalue weighted by Crippen LogP contribution is 2.30. The molecule has 0 spiro atoms. The molecule has 0 bridgehead atoms. The highest BCUT2D eigenvalue weighted by Gasteiger charge is 2.21. The summed E-state index contributed by atoms with van der Waals surface area (Å²) in [6.07, 6.45) is 3.66. The van der Waals surface area contributed by atoms with E-state index in [0.29, 0.717) is 6.04 Å². The van der Waals surface area contributed by atoms with Crippen LogP contribution >= 0.6 is 15.9 Å². The van der Waals surface area contributed by atoms with Gasteiger partial charge in [-0.15, -0.1) is 0 Å². The smallest absolute Gasteiger partial charge is 0.161 e. The predicted molar refractivity (Wildman–Crippen MR) is 66.3 cm³/mol. The Morgan fingerprint density at radius 1 is 1.38 bits per heavy atom. The van der Waals surface area contributed by atoms with Crippen LogP contribution in [0.3, 0.4) is 0 Å². The Bertz CT molecular complexity index is 503. The number of benzene rings is 1. The fraction of sp³-hybridized carbons (Fsp3) is 0.417. The van der Waals surface area contributed by atoms with Crippen molar-refractivity contribution < 1.29 is 4.52 Å². The first-order valence-corrected chi connectivity index (χ1v) is 6.42. The van der Waals surface area contributed by atoms with Crippen LogP contribution in [0.5, 0.6) is 0 Å². The quantitative estimate of drug-likeness (QED) is 0.870. The number of aromatic nitrogens is 1. The lowest BCUT2D eigenvalue weighted by Gasteiger charge is -2.20. The number of nitrogens with one attached hydrogen (secondary N) is 1. The molecule has 1 aromatic heterocycles. The van der Waals surface area contributed by atoms with E-state index in [4.69, 9.17) is 4.52 Å². The van der Waals surface area contributed by atoms with Gasteiger partial charge in [-0.2, -0.15) is 0 Å². The number of hydrogen-bond acceptors (Lipinski definition) is 3. The van der Waals surface area contributed by atoms with Crippen molar-refractivity contribution in [3.8, 4) is 0 Å². The third kappa shape index (κ3) is 1.76. The first-order valence-electron chi connectivity index (χ1n) is 5.63. The van der Waals surface area contributed by atoms with E-state index in [2.05, 4.69) is 32.5 Å². The maximum Gasteiger partial charge on any atom is 0.161 e. The van der Waals surface area contributed by atoms with Gasteiger partial charge in [0, 0.05) is 9.86 Å². The van der Waals surface area contributed by atoms with Crippen LogP contribution in [0.15, 0.2) is 27.2 Å². The molecule has 16 heavy (non-hydrogen) atoms. The monoisotopic (exact) mass is 280 g/mol. The number of fused-ring (bicyclic) bond motifs is 1. The molecule has 0 amide bonds. The Kier molecular flexibility index (Phi) is 2.69. The normalized spacial score (nSPS) is 21.4. The zero-order valence-corrected chi connectivity index (χ0v) is 10.5. The van der Waals surface area contributed by atoms with Crippen molar-refractivity contribution in [3.63, 3.8) is 0 Å². The molecular weight excluding hydrogens is 268 g/mol. The minimum atomic E-state index is 0.333. The molecule has 0 radical (unpaired) electrons. The third-order valence-corrected chi connectivity index (χ3v) is 3.59. The largest absolute Gasteiger partial charge is 0.358 e. The lowest BCUT2D eigenvalue weighted by molar-refractivity contribution is 0.309. The molecule has 1 aliphatic heterocycles. The van der Waals surface area contributed by atoms with Crippen LogP contribution in [0, 0.1) is 0 Å². The van der Waals surface area contributed by atoms with Crippen molar-refractivity contribution in [3.05, 3.63) is 28.4 Å². The first-order chi connectivity index (χ1) is 7.84. The van der Waals surface area contributed by atoms with Gasteiger partial charge in [-0.1, -0.05) is 27.5 Å². The molecule has 2 heterocycles. The molecule has 1 atom stereocenters. The summed E-state index contributed by atoms with van der Waals surface area (Å²) in [6, 6.07) is 6.43. The molecule has 1 fully saturated rings. The van der Waals surface area contributed by atoms with E-state index in [1.807, 2.05) is 12.1 Å². The lowest BCUT2D eigenvalue weighted by atomic mass is 10.0. The molecule has 84 valence electrons. The Hall–Kier alpha value is -0.870.